The van der Waals surface area contributed by atoms with Crippen molar-refractivity contribution < 1.29 is 9.53 Å². The minimum absolute atomic E-state index is 0.0638. The van der Waals surface area contributed by atoms with E-state index in [-0.39, 0.29) is 12.5 Å². The predicted molar refractivity (Wildman–Crippen MR) is 60.1 cm³/mol. The molecule has 0 spiro atoms. The third kappa shape index (κ3) is 2.72. The molecule has 1 aliphatic carbocycles. The quantitative estimate of drug-likeness (QED) is 0.754. The first-order valence-electron chi connectivity index (χ1n) is 5.63. The molecule has 0 radical (unpaired) electrons. The highest BCUT2D eigenvalue weighted by atomic mass is 16.5. The molecule has 0 atom stereocenters. The summed E-state index contributed by atoms with van der Waals surface area (Å²) in [5.74, 6) is 0.705. The molecule has 0 unspecified atom stereocenters. The average Bonchev–Trinajstić information content (AvgIpc) is 3.13. The van der Waals surface area contributed by atoms with Crippen molar-refractivity contribution in [2.75, 3.05) is 13.2 Å². The maximum absolute atomic E-state index is 11.8. The van der Waals surface area contributed by atoms with Crippen LogP contribution in [0.3, 0.4) is 0 Å². The first-order chi connectivity index (χ1) is 7.81. The fraction of sp³-hybridized carbons (Fsp3) is 0.500. The monoisotopic (exact) mass is 220 g/mol. The number of hydrogen-bond donors (Lipinski definition) is 0. The van der Waals surface area contributed by atoms with Gasteiger partial charge in [-0.1, -0.05) is 0 Å². The Balaban J connectivity index is 1.83. The Kier molecular flexibility index (Phi) is 3.39. The average molecular weight is 220 g/mol. The number of aromatic nitrogens is 1. The molecule has 1 heterocycles. The SMILES string of the molecule is CCN(C(=O)COc1cccnc1)C1CC1. The van der Waals surface area contributed by atoms with Crippen molar-refractivity contribution in [1.29, 1.82) is 0 Å². The van der Waals surface area contributed by atoms with Crippen LogP contribution in [0, 0.1) is 0 Å². The highest BCUT2D eigenvalue weighted by Crippen LogP contribution is 2.26. The number of ether oxygens (including phenoxy) is 1. The number of carbonyl (C=O) groups is 1. The molecule has 0 aromatic carbocycles. The summed E-state index contributed by atoms with van der Waals surface area (Å²) in [6, 6.07) is 4.04. The molecule has 4 nitrogen and oxygen atoms in total. The molecule has 1 aliphatic rings. The van der Waals surface area contributed by atoms with E-state index in [4.69, 9.17) is 4.74 Å². The van der Waals surface area contributed by atoms with Crippen molar-refractivity contribution >= 4 is 5.91 Å². The van der Waals surface area contributed by atoms with Crippen molar-refractivity contribution in [2.24, 2.45) is 0 Å². The first-order valence-corrected chi connectivity index (χ1v) is 5.63. The number of hydrogen-bond acceptors (Lipinski definition) is 3. The van der Waals surface area contributed by atoms with Gasteiger partial charge in [-0.05, 0) is 31.9 Å². The summed E-state index contributed by atoms with van der Waals surface area (Å²) < 4.78 is 5.37. The zero-order valence-electron chi connectivity index (χ0n) is 9.43. The molecule has 0 N–H and O–H groups in total. The highest BCUT2D eigenvalue weighted by molar-refractivity contribution is 5.78. The number of nitrogens with zero attached hydrogens (tertiary/aromatic N) is 2. The van der Waals surface area contributed by atoms with Crippen LogP contribution in [0.25, 0.3) is 0 Å². The van der Waals surface area contributed by atoms with Gasteiger partial charge in [0.1, 0.15) is 5.75 Å². The van der Waals surface area contributed by atoms with Crippen molar-refractivity contribution in [1.82, 2.24) is 9.88 Å². The Hall–Kier alpha value is -1.58. The molecular formula is C12H16N2O2. The zero-order valence-corrected chi connectivity index (χ0v) is 9.43. The molecule has 1 amide bonds. The van der Waals surface area contributed by atoms with E-state index in [0.29, 0.717) is 11.8 Å². The van der Waals surface area contributed by atoms with Crippen LogP contribution in [0.1, 0.15) is 19.8 Å². The van der Waals surface area contributed by atoms with E-state index in [1.807, 2.05) is 11.8 Å². The molecule has 1 aromatic rings. The smallest absolute Gasteiger partial charge is 0.260 e. The summed E-state index contributed by atoms with van der Waals surface area (Å²) >= 11 is 0. The fourth-order valence-corrected chi connectivity index (χ4v) is 1.68. The third-order valence-corrected chi connectivity index (χ3v) is 2.65. The lowest BCUT2D eigenvalue weighted by atomic mass is 10.4. The summed E-state index contributed by atoms with van der Waals surface area (Å²) in [6.07, 6.45) is 5.55. The standard InChI is InChI=1S/C12H16N2O2/c1-2-14(10-5-6-10)12(15)9-16-11-4-3-7-13-8-11/h3-4,7-8,10H,2,5-6,9H2,1H3. The number of likely N-dealkylation sites (N-methyl/N-ethyl adjacent to an activating group) is 1. The lowest BCUT2D eigenvalue weighted by molar-refractivity contribution is -0.133. The summed E-state index contributed by atoms with van der Waals surface area (Å²) in [5, 5.41) is 0. The second-order valence-electron chi connectivity index (χ2n) is 3.89. The molecule has 1 aromatic heterocycles. The van der Waals surface area contributed by atoms with E-state index in [1.165, 1.54) is 0 Å². The van der Waals surface area contributed by atoms with Gasteiger partial charge >= 0.3 is 0 Å². The third-order valence-electron chi connectivity index (χ3n) is 2.65. The van der Waals surface area contributed by atoms with Gasteiger partial charge in [0.05, 0.1) is 6.20 Å². The van der Waals surface area contributed by atoms with Crippen molar-refractivity contribution in [2.45, 2.75) is 25.8 Å². The van der Waals surface area contributed by atoms with Crippen LogP contribution >= 0.6 is 0 Å². The van der Waals surface area contributed by atoms with Crippen molar-refractivity contribution in [3.05, 3.63) is 24.5 Å². The van der Waals surface area contributed by atoms with Gasteiger partial charge in [0.2, 0.25) is 0 Å². The molecule has 2 rings (SSSR count). The Morgan fingerprint density at radius 1 is 1.62 bits per heavy atom. The van der Waals surface area contributed by atoms with Gasteiger partial charge < -0.3 is 9.64 Å². The van der Waals surface area contributed by atoms with Gasteiger partial charge in [0.25, 0.3) is 5.91 Å². The van der Waals surface area contributed by atoms with Crippen LogP contribution in [-0.2, 0) is 4.79 Å². The van der Waals surface area contributed by atoms with Crippen LogP contribution in [0.2, 0.25) is 0 Å². The van der Waals surface area contributed by atoms with Crippen LogP contribution < -0.4 is 4.74 Å². The molecule has 4 heteroatoms. The largest absolute Gasteiger partial charge is 0.482 e. The lowest BCUT2D eigenvalue weighted by Crippen LogP contribution is -2.36. The maximum Gasteiger partial charge on any atom is 0.260 e. The summed E-state index contributed by atoms with van der Waals surface area (Å²) in [7, 11) is 0. The topological polar surface area (TPSA) is 42.4 Å². The molecule has 1 saturated carbocycles. The van der Waals surface area contributed by atoms with E-state index in [2.05, 4.69) is 4.98 Å². The first kappa shape index (κ1) is 10.9. The Morgan fingerprint density at radius 2 is 2.44 bits per heavy atom. The minimum atomic E-state index is 0.0638. The molecule has 16 heavy (non-hydrogen) atoms. The second kappa shape index (κ2) is 4.96. The molecular weight excluding hydrogens is 204 g/mol. The molecule has 0 bridgehead atoms. The number of carbonyl (C=O) groups excluding carboxylic acids is 1. The number of amides is 1. The minimum Gasteiger partial charge on any atom is -0.482 e. The van der Waals surface area contributed by atoms with E-state index >= 15 is 0 Å². The van der Waals surface area contributed by atoms with Crippen LogP contribution in [-0.4, -0.2) is 35.0 Å². The molecule has 1 fully saturated rings. The van der Waals surface area contributed by atoms with Gasteiger partial charge in [-0.2, -0.15) is 0 Å². The molecule has 0 aliphatic heterocycles. The highest BCUT2D eigenvalue weighted by Gasteiger charge is 2.31. The second-order valence-corrected chi connectivity index (χ2v) is 3.89. The van der Waals surface area contributed by atoms with Gasteiger partial charge in [0, 0.05) is 18.8 Å². The molecule has 86 valence electrons. The van der Waals surface area contributed by atoms with E-state index in [1.54, 1.807) is 24.5 Å². The van der Waals surface area contributed by atoms with Crippen LogP contribution in [0.5, 0.6) is 5.75 Å². The maximum atomic E-state index is 11.8. The van der Waals surface area contributed by atoms with Gasteiger partial charge in [-0.25, -0.2) is 0 Å². The summed E-state index contributed by atoms with van der Waals surface area (Å²) in [5.41, 5.74) is 0. The predicted octanol–water partition coefficient (Wildman–Crippen LogP) is 1.47. The van der Waals surface area contributed by atoms with E-state index in [9.17, 15) is 4.79 Å². The van der Waals surface area contributed by atoms with Gasteiger partial charge in [0.15, 0.2) is 6.61 Å². The fourth-order valence-electron chi connectivity index (χ4n) is 1.68. The summed E-state index contributed by atoms with van der Waals surface area (Å²) in [4.78, 5) is 17.6. The number of rotatable bonds is 5. The van der Waals surface area contributed by atoms with Gasteiger partial charge in [-0.15, -0.1) is 0 Å². The van der Waals surface area contributed by atoms with Gasteiger partial charge in [-0.3, -0.25) is 9.78 Å². The van der Waals surface area contributed by atoms with E-state index in [0.717, 1.165) is 19.4 Å². The van der Waals surface area contributed by atoms with E-state index < -0.39 is 0 Å². The Labute approximate surface area is 95.2 Å². The number of pyridine rings is 1. The van der Waals surface area contributed by atoms with Crippen LogP contribution in [0.4, 0.5) is 0 Å². The Morgan fingerprint density at radius 3 is 3.00 bits per heavy atom. The zero-order chi connectivity index (χ0) is 11.4. The molecule has 0 saturated heterocycles. The van der Waals surface area contributed by atoms with Crippen molar-refractivity contribution in [3.8, 4) is 5.75 Å². The lowest BCUT2D eigenvalue weighted by Gasteiger charge is -2.20. The van der Waals surface area contributed by atoms with Crippen molar-refractivity contribution in [3.63, 3.8) is 0 Å². The van der Waals surface area contributed by atoms with Crippen LogP contribution in [0.15, 0.2) is 24.5 Å². The Bertz CT molecular complexity index is 349. The normalized spacial score (nSPS) is 14.6. The summed E-state index contributed by atoms with van der Waals surface area (Å²) in [6.45, 7) is 2.87.